The van der Waals surface area contributed by atoms with Crippen molar-refractivity contribution in [1.29, 1.82) is 0 Å². The van der Waals surface area contributed by atoms with Crippen molar-refractivity contribution >= 4 is 17.4 Å². The van der Waals surface area contributed by atoms with Gasteiger partial charge < -0.3 is 19.6 Å². The lowest BCUT2D eigenvalue weighted by molar-refractivity contribution is 0.140. The van der Waals surface area contributed by atoms with Crippen LogP contribution in [0.5, 0.6) is 5.06 Å². The molecule has 0 aliphatic carbocycles. The van der Waals surface area contributed by atoms with Crippen LogP contribution in [0.4, 0.5) is 4.79 Å². The van der Waals surface area contributed by atoms with E-state index in [-0.39, 0.29) is 0 Å². The third kappa shape index (κ3) is 3.93. The molecule has 1 N–H and O–H groups in total. The molecule has 1 aromatic rings. The van der Waals surface area contributed by atoms with Crippen LogP contribution < -0.4 is 4.74 Å². The summed E-state index contributed by atoms with van der Waals surface area (Å²) in [5, 5.41) is 10.0. The molecule has 0 aromatic carbocycles. The number of fused-ring (bicyclic) bond motifs is 1. The average Bonchev–Trinajstić information content (AvgIpc) is 2.94. The standard InChI is InChI=1S/C16H24N2O3S/c19-16(20)18-9-5-14-13(12-18)11-15(22-14)21-10-4-8-17-6-2-1-3-7-17/h11H,1-10,12H2,(H,19,20). The molecular weight excluding hydrogens is 300 g/mol. The first-order valence-corrected chi connectivity index (χ1v) is 8.98. The fourth-order valence-corrected chi connectivity index (χ4v) is 4.22. The summed E-state index contributed by atoms with van der Waals surface area (Å²) in [7, 11) is 0. The van der Waals surface area contributed by atoms with E-state index < -0.39 is 6.09 Å². The third-order valence-corrected chi connectivity index (χ3v) is 5.58. The van der Waals surface area contributed by atoms with Crippen LogP contribution in [0, 0.1) is 0 Å². The highest BCUT2D eigenvalue weighted by atomic mass is 32.1. The maximum absolute atomic E-state index is 11.0. The summed E-state index contributed by atoms with van der Waals surface area (Å²) in [5.74, 6) is 0. The molecule has 3 heterocycles. The molecule has 0 bridgehead atoms. The molecule has 1 amide bonds. The van der Waals surface area contributed by atoms with Gasteiger partial charge >= 0.3 is 6.09 Å². The molecule has 2 aliphatic rings. The van der Waals surface area contributed by atoms with Crippen molar-refractivity contribution in [1.82, 2.24) is 9.80 Å². The van der Waals surface area contributed by atoms with E-state index in [0.717, 1.165) is 36.6 Å². The molecule has 22 heavy (non-hydrogen) atoms. The zero-order chi connectivity index (χ0) is 15.4. The van der Waals surface area contributed by atoms with E-state index in [1.54, 1.807) is 11.3 Å². The van der Waals surface area contributed by atoms with Crippen LogP contribution in [0.2, 0.25) is 0 Å². The van der Waals surface area contributed by atoms with Crippen molar-refractivity contribution in [3.63, 3.8) is 0 Å². The quantitative estimate of drug-likeness (QED) is 0.846. The number of nitrogens with zero attached hydrogens (tertiary/aromatic N) is 2. The number of rotatable bonds is 5. The van der Waals surface area contributed by atoms with Crippen LogP contribution in [-0.4, -0.2) is 53.8 Å². The molecule has 0 saturated carbocycles. The van der Waals surface area contributed by atoms with Crippen LogP contribution in [0.25, 0.3) is 0 Å². The summed E-state index contributed by atoms with van der Waals surface area (Å²) < 4.78 is 5.87. The van der Waals surface area contributed by atoms with Crippen molar-refractivity contribution in [2.75, 3.05) is 32.8 Å². The number of ether oxygens (including phenoxy) is 1. The van der Waals surface area contributed by atoms with E-state index in [1.807, 2.05) is 6.07 Å². The van der Waals surface area contributed by atoms with E-state index in [1.165, 1.54) is 42.1 Å². The van der Waals surface area contributed by atoms with E-state index in [9.17, 15) is 4.79 Å². The molecule has 1 fully saturated rings. The highest BCUT2D eigenvalue weighted by Gasteiger charge is 2.22. The fourth-order valence-electron chi connectivity index (χ4n) is 3.18. The lowest BCUT2D eigenvalue weighted by atomic mass is 10.1. The van der Waals surface area contributed by atoms with Gasteiger partial charge in [-0.1, -0.05) is 6.42 Å². The Bertz CT molecular complexity index is 511. The number of carbonyl (C=O) groups is 1. The Balaban J connectivity index is 1.43. The second kappa shape index (κ2) is 7.33. The van der Waals surface area contributed by atoms with Crippen molar-refractivity contribution < 1.29 is 14.6 Å². The van der Waals surface area contributed by atoms with Gasteiger partial charge in [0.2, 0.25) is 0 Å². The van der Waals surface area contributed by atoms with E-state index in [0.29, 0.717) is 13.1 Å². The first kappa shape index (κ1) is 15.6. The van der Waals surface area contributed by atoms with Gasteiger partial charge in [-0.2, -0.15) is 0 Å². The Morgan fingerprint density at radius 1 is 1.27 bits per heavy atom. The average molecular weight is 324 g/mol. The predicted molar refractivity (Wildman–Crippen MR) is 86.9 cm³/mol. The minimum absolute atomic E-state index is 0.498. The summed E-state index contributed by atoms with van der Waals surface area (Å²) in [4.78, 5) is 16.3. The number of hydrogen-bond acceptors (Lipinski definition) is 4. The largest absolute Gasteiger partial charge is 0.484 e. The molecule has 0 radical (unpaired) electrons. The molecule has 122 valence electrons. The number of amides is 1. The SMILES string of the molecule is O=C(O)N1CCc2sc(OCCCN3CCCCC3)cc2C1. The molecule has 2 aliphatic heterocycles. The van der Waals surface area contributed by atoms with Crippen LogP contribution in [0.15, 0.2) is 6.07 Å². The van der Waals surface area contributed by atoms with Gasteiger partial charge in [-0.25, -0.2) is 4.79 Å². The zero-order valence-corrected chi connectivity index (χ0v) is 13.7. The van der Waals surface area contributed by atoms with Gasteiger partial charge in [-0.15, -0.1) is 11.3 Å². The second-order valence-corrected chi connectivity index (χ2v) is 7.17. The molecular formula is C16H24N2O3S. The van der Waals surface area contributed by atoms with Gasteiger partial charge in [0.1, 0.15) is 0 Å². The van der Waals surface area contributed by atoms with Crippen molar-refractivity contribution in [2.45, 2.75) is 38.6 Å². The summed E-state index contributed by atoms with van der Waals surface area (Å²) in [6.45, 7) is 5.43. The zero-order valence-electron chi connectivity index (χ0n) is 12.9. The van der Waals surface area contributed by atoms with Gasteiger partial charge in [0.05, 0.1) is 13.2 Å². The second-order valence-electron chi connectivity index (χ2n) is 6.07. The number of thiophene rings is 1. The number of hydrogen-bond donors (Lipinski definition) is 1. The van der Waals surface area contributed by atoms with Crippen molar-refractivity contribution in [3.05, 3.63) is 16.5 Å². The monoisotopic (exact) mass is 324 g/mol. The molecule has 3 rings (SSSR count). The normalized spacial score (nSPS) is 19.0. The number of carboxylic acid groups (broad SMARTS) is 1. The van der Waals surface area contributed by atoms with Gasteiger partial charge in [0, 0.05) is 24.4 Å². The van der Waals surface area contributed by atoms with Crippen LogP contribution in [0.1, 0.15) is 36.1 Å². The molecule has 1 saturated heterocycles. The molecule has 5 nitrogen and oxygen atoms in total. The molecule has 6 heteroatoms. The Kier molecular flexibility index (Phi) is 5.20. The molecule has 0 spiro atoms. The van der Waals surface area contributed by atoms with Crippen molar-refractivity contribution in [2.24, 2.45) is 0 Å². The Labute approximate surface area is 135 Å². The third-order valence-electron chi connectivity index (χ3n) is 4.43. The van der Waals surface area contributed by atoms with E-state index in [2.05, 4.69) is 4.90 Å². The topological polar surface area (TPSA) is 53.0 Å². The van der Waals surface area contributed by atoms with Gasteiger partial charge in [0.25, 0.3) is 0 Å². The predicted octanol–water partition coefficient (Wildman–Crippen LogP) is 3.04. The van der Waals surface area contributed by atoms with E-state index in [4.69, 9.17) is 9.84 Å². The Morgan fingerprint density at radius 2 is 2.09 bits per heavy atom. The van der Waals surface area contributed by atoms with E-state index >= 15 is 0 Å². The summed E-state index contributed by atoms with van der Waals surface area (Å²) in [6, 6.07) is 2.02. The summed E-state index contributed by atoms with van der Waals surface area (Å²) >= 11 is 1.68. The maximum atomic E-state index is 11.0. The minimum Gasteiger partial charge on any atom is -0.484 e. The minimum atomic E-state index is -0.833. The van der Waals surface area contributed by atoms with Crippen LogP contribution >= 0.6 is 11.3 Å². The molecule has 0 unspecified atom stereocenters. The van der Waals surface area contributed by atoms with Crippen molar-refractivity contribution in [3.8, 4) is 5.06 Å². The molecule has 0 atom stereocenters. The van der Waals surface area contributed by atoms with Gasteiger partial charge in [0.15, 0.2) is 5.06 Å². The summed E-state index contributed by atoms with van der Waals surface area (Å²) in [6.07, 6.45) is 5.08. The number of piperidine rings is 1. The smallest absolute Gasteiger partial charge is 0.407 e. The first-order valence-electron chi connectivity index (χ1n) is 8.17. The lowest BCUT2D eigenvalue weighted by Crippen LogP contribution is -2.33. The summed E-state index contributed by atoms with van der Waals surface area (Å²) in [5.41, 5.74) is 1.12. The fraction of sp³-hybridized carbons (Fsp3) is 0.688. The van der Waals surface area contributed by atoms with Gasteiger partial charge in [-0.05, 0) is 44.0 Å². The van der Waals surface area contributed by atoms with Crippen LogP contribution in [-0.2, 0) is 13.0 Å². The maximum Gasteiger partial charge on any atom is 0.407 e. The number of likely N-dealkylation sites (tertiary alicyclic amines) is 1. The highest BCUT2D eigenvalue weighted by molar-refractivity contribution is 7.14. The first-order chi connectivity index (χ1) is 10.7. The van der Waals surface area contributed by atoms with Gasteiger partial charge in [-0.3, -0.25) is 0 Å². The lowest BCUT2D eigenvalue weighted by Gasteiger charge is -2.26. The molecule has 1 aromatic heterocycles. The van der Waals surface area contributed by atoms with Crippen LogP contribution in [0.3, 0.4) is 0 Å². The Hall–Kier alpha value is -1.27. The Morgan fingerprint density at radius 3 is 2.86 bits per heavy atom. The highest BCUT2D eigenvalue weighted by Crippen LogP contribution is 2.33.